The summed E-state index contributed by atoms with van der Waals surface area (Å²) >= 11 is 0. The Morgan fingerprint density at radius 3 is 2.66 bits per heavy atom. The molecule has 0 saturated heterocycles. The van der Waals surface area contributed by atoms with Crippen LogP contribution in [0.1, 0.15) is 5.56 Å². The van der Waals surface area contributed by atoms with Crippen molar-refractivity contribution < 1.29 is 23.7 Å². The van der Waals surface area contributed by atoms with Gasteiger partial charge in [0.25, 0.3) is 5.69 Å². The number of benzene rings is 2. The van der Waals surface area contributed by atoms with E-state index in [-0.39, 0.29) is 28.3 Å². The molecule has 0 unspecified atom stereocenters. The summed E-state index contributed by atoms with van der Waals surface area (Å²) in [5, 5.41) is 23.8. The second-order valence-electron chi connectivity index (χ2n) is 6.60. The molecule has 1 amide bonds. The van der Waals surface area contributed by atoms with Crippen molar-refractivity contribution in [1.82, 2.24) is 14.7 Å². The Balaban J connectivity index is 1.50. The monoisotopic (exact) mass is 437 g/mol. The molecular weight excluding hydrogens is 424 g/mol. The van der Waals surface area contributed by atoms with Gasteiger partial charge in [0.1, 0.15) is 22.8 Å². The topological polar surface area (TPSA) is 123 Å². The lowest BCUT2D eigenvalue weighted by Crippen LogP contribution is -2.08. The summed E-state index contributed by atoms with van der Waals surface area (Å²) in [5.74, 6) is -2.02. The van der Waals surface area contributed by atoms with Crippen molar-refractivity contribution in [2.45, 2.75) is 0 Å². The van der Waals surface area contributed by atoms with Crippen LogP contribution in [-0.4, -0.2) is 30.7 Å². The van der Waals surface area contributed by atoms with Gasteiger partial charge < -0.3 is 10.5 Å². The first-order valence-electron chi connectivity index (χ1n) is 9.08. The van der Waals surface area contributed by atoms with E-state index in [1.807, 2.05) is 0 Å². The standard InChI is InChI=1S/C21H13F2N5O4/c22-13-3-1-12(16(23)9-13)2-8-20(29)25-14-4-6-18(24-11-14)21-26-17-7-5-15(28(31)32)10-19(17)27(21)30/h1-11,30H,(H,25,29)/b8-2+. The van der Waals surface area contributed by atoms with Gasteiger partial charge in [0.2, 0.25) is 5.91 Å². The fraction of sp³-hybridized carbons (Fsp3) is 0. The first kappa shape index (κ1) is 20.6. The van der Waals surface area contributed by atoms with Crippen LogP contribution in [0.25, 0.3) is 28.6 Å². The second-order valence-corrected chi connectivity index (χ2v) is 6.60. The van der Waals surface area contributed by atoms with Gasteiger partial charge in [-0.25, -0.2) is 13.8 Å². The molecule has 2 N–H and O–H groups in total. The minimum atomic E-state index is -0.794. The van der Waals surface area contributed by atoms with Crippen LogP contribution in [0.2, 0.25) is 0 Å². The number of amides is 1. The Morgan fingerprint density at radius 2 is 1.97 bits per heavy atom. The molecule has 2 heterocycles. The fourth-order valence-electron chi connectivity index (χ4n) is 2.92. The maximum atomic E-state index is 13.6. The number of hydrogen-bond donors (Lipinski definition) is 2. The van der Waals surface area contributed by atoms with Crippen LogP contribution in [0, 0.1) is 21.7 Å². The Hall–Kier alpha value is -4.67. The lowest BCUT2D eigenvalue weighted by Gasteiger charge is -2.04. The van der Waals surface area contributed by atoms with Crippen LogP contribution in [0.5, 0.6) is 0 Å². The number of aromatic nitrogens is 3. The van der Waals surface area contributed by atoms with Crippen molar-refractivity contribution in [3.05, 3.63) is 88.1 Å². The SMILES string of the molecule is O=C(/C=C/c1ccc(F)cc1F)Nc1ccc(-c2nc3ccc([N+](=O)[O-])cc3n2O)nc1. The molecule has 9 nitrogen and oxygen atoms in total. The quantitative estimate of drug-likeness (QED) is 0.209. The Morgan fingerprint density at radius 1 is 1.16 bits per heavy atom. The van der Waals surface area contributed by atoms with E-state index in [4.69, 9.17) is 0 Å². The summed E-state index contributed by atoms with van der Waals surface area (Å²) in [6.07, 6.45) is 3.62. The highest BCUT2D eigenvalue weighted by Crippen LogP contribution is 2.26. The smallest absolute Gasteiger partial charge is 0.271 e. The second kappa shape index (κ2) is 8.22. The van der Waals surface area contributed by atoms with Gasteiger partial charge >= 0.3 is 0 Å². The average Bonchev–Trinajstić information content (AvgIpc) is 3.09. The largest absolute Gasteiger partial charge is 0.426 e. The van der Waals surface area contributed by atoms with E-state index in [9.17, 15) is 28.9 Å². The lowest BCUT2D eigenvalue weighted by atomic mass is 10.2. The van der Waals surface area contributed by atoms with Crippen molar-refractivity contribution in [1.29, 1.82) is 0 Å². The van der Waals surface area contributed by atoms with Gasteiger partial charge in [-0.15, -0.1) is 0 Å². The number of fused-ring (bicyclic) bond motifs is 1. The molecule has 0 atom stereocenters. The molecule has 0 spiro atoms. The lowest BCUT2D eigenvalue weighted by molar-refractivity contribution is -0.384. The van der Waals surface area contributed by atoms with Gasteiger partial charge in [-0.2, -0.15) is 4.73 Å². The van der Waals surface area contributed by atoms with E-state index >= 15 is 0 Å². The molecule has 2 aromatic carbocycles. The Labute approximate surface area is 178 Å². The third-order valence-electron chi connectivity index (χ3n) is 4.46. The highest BCUT2D eigenvalue weighted by atomic mass is 19.1. The summed E-state index contributed by atoms with van der Waals surface area (Å²) in [7, 11) is 0. The van der Waals surface area contributed by atoms with Gasteiger partial charge in [-0.3, -0.25) is 19.9 Å². The number of hydrogen-bond acceptors (Lipinski definition) is 6. The summed E-state index contributed by atoms with van der Waals surface area (Å²) in [5.41, 5.74) is 0.917. The number of carbonyl (C=O) groups is 1. The molecule has 0 aliphatic rings. The number of imidazole rings is 1. The fourth-order valence-corrected chi connectivity index (χ4v) is 2.92. The zero-order valence-corrected chi connectivity index (χ0v) is 16.1. The normalized spacial score (nSPS) is 11.2. The predicted octanol–water partition coefficient (Wildman–Crippen LogP) is 4.17. The van der Waals surface area contributed by atoms with Crippen LogP contribution >= 0.6 is 0 Å². The number of non-ortho nitro benzene ring substituents is 1. The Bertz CT molecular complexity index is 1380. The number of nitrogens with zero attached hydrogens (tertiary/aromatic N) is 4. The molecule has 0 aliphatic heterocycles. The van der Waals surface area contributed by atoms with Crippen LogP contribution in [0.15, 0.2) is 60.8 Å². The summed E-state index contributed by atoms with van der Waals surface area (Å²) in [6, 6.07) is 9.88. The van der Waals surface area contributed by atoms with Crippen LogP contribution < -0.4 is 5.32 Å². The van der Waals surface area contributed by atoms with Gasteiger partial charge in [0, 0.05) is 29.8 Å². The molecule has 0 bridgehead atoms. The van der Waals surface area contributed by atoms with Crippen LogP contribution in [0.3, 0.4) is 0 Å². The number of anilines is 1. The molecule has 4 rings (SSSR count). The van der Waals surface area contributed by atoms with Gasteiger partial charge in [0.05, 0.1) is 22.3 Å². The molecule has 32 heavy (non-hydrogen) atoms. The first-order chi connectivity index (χ1) is 15.3. The molecule has 0 radical (unpaired) electrons. The van der Waals surface area contributed by atoms with E-state index in [1.165, 1.54) is 48.7 Å². The molecule has 0 aliphatic carbocycles. The number of nitro benzene ring substituents is 1. The number of nitrogens with one attached hydrogen (secondary N) is 1. The minimum absolute atomic E-state index is 0.0529. The molecule has 0 saturated carbocycles. The third kappa shape index (κ3) is 4.12. The average molecular weight is 437 g/mol. The van der Waals surface area contributed by atoms with Crippen LogP contribution in [-0.2, 0) is 4.79 Å². The van der Waals surface area contributed by atoms with Crippen LogP contribution in [0.4, 0.5) is 20.2 Å². The number of pyridine rings is 1. The minimum Gasteiger partial charge on any atom is -0.426 e. The maximum absolute atomic E-state index is 13.6. The summed E-state index contributed by atoms with van der Waals surface area (Å²) in [6.45, 7) is 0. The molecular formula is C21H13F2N5O4. The highest BCUT2D eigenvalue weighted by Gasteiger charge is 2.16. The molecule has 11 heteroatoms. The molecule has 2 aromatic heterocycles. The maximum Gasteiger partial charge on any atom is 0.271 e. The number of halogens is 2. The van der Waals surface area contributed by atoms with Crippen molar-refractivity contribution in [2.24, 2.45) is 0 Å². The predicted molar refractivity (Wildman–Crippen MR) is 111 cm³/mol. The van der Waals surface area contributed by atoms with E-state index in [1.54, 1.807) is 0 Å². The van der Waals surface area contributed by atoms with Crippen molar-refractivity contribution in [3.8, 4) is 11.5 Å². The van der Waals surface area contributed by atoms with E-state index in [2.05, 4.69) is 15.3 Å². The van der Waals surface area contributed by atoms with E-state index in [0.717, 1.165) is 12.1 Å². The number of carbonyl (C=O) groups excluding carboxylic acids is 1. The molecule has 160 valence electrons. The first-order valence-corrected chi connectivity index (χ1v) is 9.08. The third-order valence-corrected chi connectivity index (χ3v) is 4.46. The van der Waals surface area contributed by atoms with Gasteiger partial charge in [-0.05, 0) is 36.4 Å². The van der Waals surface area contributed by atoms with Crippen molar-refractivity contribution >= 4 is 34.4 Å². The summed E-state index contributed by atoms with van der Waals surface area (Å²) in [4.78, 5) is 30.7. The van der Waals surface area contributed by atoms with Crippen molar-refractivity contribution in [3.63, 3.8) is 0 Å². The zero-order valence-electron chi connectivity index (χ0n) is 16.1. The number of rotatable bonds is 5. The Kier molecular flexibility index (Phi) is 5.29. The number of nitro groups is 1. The van der Waals surface area contributed by atoms with E-state index < -0.39 is 22.5 Å². The zero-order chi connectivity index (χ0) is 22.8. The summed E-state index contributed by atoms with van der Waals surface area (Å²) < 4.78 is 27.2. The van der Waals surface area contributed by atoms with Gasteiger partial charge in [-0.1, -0.05) is 0 Å². The van der Waals surface area contributed by atoms with Crippen molar-refractivity contribution in [2.75, 3.05) is 5.32 Å². The molecule has 0 fully saturated rings. The highest BCUT2D eigenvalue weighted by molar-refractivity contribution is 6.01. The van der Waals surface area contributed by atoms with E-state index in [0.29, 0.717) is 22.0 Å². The van der Waals surface area contributed by atoms with Gasteiger partial charge in [0.15, 0.2) is 5.82 Å². The molecule has 4 aromatic rings.